The highest BCUT2D eigenvalue weighted by molar-refractivity contribution is 5.22. The Bertz CT molecular complexity index is 300. The van der Waals surface area contributed by atoms with E-state index < -0.39 is 0 Å². The fraction of sp³-hybridized carbons (Fsp3) is 0.571. The zero-order valence-electron chi connectivity index (χ0n) is 10.2. The molecule has 0 aromatic heterocycles. The Morgan fingerprint density at radius 3 is 2.13 bits per heavy atom. The van der Waals surface area contributed by atoms with Gasteiger partial charge in [-0.05, 0) is 30.2 Å². The van der Waals surface area contributed by atoms with E-state index in [1.54, 1.807) is 0 Å². The number of hydrogen-bond donors (Lipinski definition) is 1. The maximum absolute atomic E-state index is 9.47. The Morgan fingerprint density at radius 1 is 1.20 bits per heavy atom. The molecule has 0 fully saturated rings. The van der Waals surface area contributed by atoms with Crippen molar-refractivity contribution >= 4 is 0 Å². The van der Waals surface area contributed by atoms with Gasteiger partial charge in [-0.2, -0.15) is 0 Å². The summed E-state index contributed by atoms with van der Waals surface area (Å²) in [5.41, 5.74) is 2.59. The number of hydrogen-bond acceptors (Lipinski definition) is 1. The van der Waals surface area contributed by atoms with Crippen LogP contribution >= 0.6 is 0 Å². The summed E-state index contributed by atoms with van der Waals surface area (Å²) in [6.07, 6.45) is 0.946. The van der Waals surface area contributed by atoms with Crippen molar-refractivity contribution in [1.82, 2.24) is 0 Å². The average Bonchev–Trinajstić information content (AvgIpc) is 2.21. The van der Waals surface area contributed by atoms with Gasteiger partial charge in [0.05, 0.1) is 0 Å². The van der Waals surface area contributed by atoms with Crippen LogP contribution in [0.5, 0.6) is 0 Å². The molecule has 1 heteroatoms. The van der Waals surface area contributed by atoms with Crippen LogP contribution in [0, 0.1) is 18.3 Å². The number of rotatable bonds is 4. The van der Waals surface area contributed by atoms with Gasteiger partial charge in [0.2, 0.25) is 0 Å². The first-order valence-corrected chi connectivity index (χ1v) is 5.64. The van der Waals surface area contributed by atoms with E-state index in [1.165, 1.54) is 11.1 Å². The lowest BCUT2D eigenvalue weighted by Gasteiger charge is -2.31. The largest absolute Gasteiger partial charge is 0.396 e. The molecule has 1 atom stereocenters. The number of aliphatic hydroxyl groups excluding tert-OH is 1. The van der Waals surface area contributed by atoms with Gasteiger partial charge in [0.1, 0.15) is 0 Å². The summed E-state index contributed by atoms with van der Waals surface area (Å²) in [4.78, 5) is 0. The van der Waals surface area contributed by atoms with Crippen molar-refractivity contribution in [3.63, 3.8) is 0 Å². The van der Waals surface area contributed by atoms with Crippen LogP contribution in [0.3, 0.4) is 0 Å². The molecular weight excluding hydrogens is 184 g/mol. The molecule has 1 aromatic carbocycles. The van der Waals surface area contributed by atoms with Crippen LogP contribution in [0.2, 0.25) is 0 Å². The van der Waals surface area contributed by atoms with Crippen LogP contribution in [-0.2, 0) is 6.42 Å². The fourth-order valence-corrected chi connectivity index (χ4v) is 1.61. The molecule has 0 saturated carbocycles. The van der Waals surface area contributed by atoms with Crippen molar-refractivity contribution in [2.45, 2.75) is 34.1 Å². The van der Waals surface area contributed by atoms with Gasteiger partial charge in [-0.15, -0.1) is 0 Å². The lowest BCUT2D eigenvalue weighted by molar-refractivity contribution is 0.0947. The monoisotopic (exact) mass is 206 g/mol. The zero-order valence-corrected chi connectivity index (χ0v) is 10.2. The van der Waals surface area contributed by atoms with E-state index in [0.29, 0.717) is 5.92 Å². The highest BCUT2D eigenvalue weighted by Crippen LogP contribution is 2.30. The molecule has 0 heterocycles. The van der Waals surface area contributed by atoms with Gasteiger partial charge in [-0.25, -0.2) is 0 Å². The molecule has 0 aliphatic rings. The van der Waals surface area contributed by atoms with Crippen molar-refractivity contribution in [2.24, 2.45) is 11.3 Å². The number of benzene rings is 1. The molecule has 1 rings (SSSR count). The van der Waals surface area contributed by atoms with Crippen LogP contribution in [-0.4, -0.2) is 11.7 Å². The first-order chi connectivity index (χ1) is 6.98. The molecule has 84 valence electrons. The second-order valence-corrected chi connectivity index (χ2v) is 5.13. The standard InChI is InChI=1S/C14H22O/c1-11(2)14(4,10-15)9-13-7-5-12(3)6-8-13/h5-8,11,15H,9-10H2,1-4H3. The maximum atomic E-state index is 9.47. The van der Waals surface area contributed by atoms with E-state index in [0.717, 1.165) is 6.42 Å². The Balaban J connectivity index is 2.79. The lowest BCUT2D eigenvalue weighted by atomic mass is 9.75. The molecule has 1 N–H and O–H groups in total. The normalized spacial score (nSPS) is 15.3. The lowest BCUT2D eigenvalue weighted by Crippen LogP contribution is -2.30. The third kappa shape index (κ3) is 3.07. The summed E-state index contributed by atoms with van der Waals surface area (Å²) in [6, 6.07) is 8.58. The van der Waals surface area contributed by atoms with Gasteiger partial charge in [0.15, 0.2) is 0 Å². The van der Waals surface area contributed by atoms with Crippen molar-refractivity contribution in [3.05, 3.63) is 35.4 Å². The SMILES string of the molecule is Cc1ccc(CC(C)(CO)C(C)C)cc1. The van der Waals surface area contributed by atoms with E-state index in [-0.39, 0.29) is 12.0 Å². The van der Waals surface area contributed by atoms with E-state index in [4.69, 9.17) is 0 Å². The summed E-state index contributed by atoms with van der Waals surface area (Å²) in [6.45, 7) is 8.84. The Hall–Kier alpha value is -0.820. The molecule has 0 spiro atoms. The van der Waals surface area contributed by atoms with E-state index in [1.807, 2.05) is 0 Å². The molecule has 1 aromatic rings. The molecule has 0 aliphatic heterocycles. The molecular formula is C14H22O. The van der Waals surface area contributed by atoms with Crippen LogP contribution in [0.15, 0.2) is 24.3 Å². The predicted molar refractivity (Wildman–Crippen MR) is 64.9 cm³/mol. The summed E-state index contributed by atoms with van der Waals surface area (Å²) in [7, 11) is 0. The highest BCUT2D eigenvalue weighted by Gasteiger charge is 2.27. The minimum Gasteiger partial charge on any atom is -0.396 e. The van der Waals surface area contributed by atoms with E-state index >= 15 is 0 Å². The van der Waals surface area contributed by atoms with Crippen molar-refractivity contribution in [2.75, 3.05) is 6.61 Å². The average molecular weight is 206 g/mol. The molecule has 0 radical (unpaired) electrons. The Labute approximate surface area is 93.1 Å². The van der Waals surface area contributed by atoms with Gasteiger partial charge in [0.25, 0.3) is 0 Å². The third-order valence-electron chi connectivity index (χ3n) is 3.48. The predicted octanol–water partition coefficient (Wildman–Crippen LogP) is 3.19. The van der Waals surface area contributed by atoms with Gasteiger partial charge in [-0.3, -0.25) is 0 Å². The van der Waals surface area contributed by atoms with E-state index in [2.05, 4.69) is 52.0 Å². The summed E-state index contributed by atoms with van der Waals surface area (Å²) in [5.74, 6) is 0.490. The molecule has 15 heavy (non-hydrogen) atoms. The Kier molecular flexibility index (Phi) is 3.92. The van der Waals surface area contributed by atoms with Gasteiger partial charge < -0.3 is 5.11 Å². The maximum Gasteiger partial charge on any atom is 0.0490 e. The molecule has 0 bridgehead atoms. The minimum absolute atomic E-state index is 0.00470. The molecule has 1 nitrogen and oxygen atoms in total. The van der Waals surface area contributed by atoms with E-state index in [9.17, 15) is 5.11 Å². The number of aryl methyl sites for hydroxylation is 1. The quantitative estimate of drug-likeness (QED) is 0.802. The van der Waals surface area contributed by atoms with Crippen LogP contribution < -0.4 is 0 Å². The first-order valence-electron chi connectivity index (χ1n) is 5.64. The zero-order chi connectivity index (χ0) is 11.5. The van der Waals surface area contributed by atoms with Crippen LogP contribution in [0.1, 0.15) is 31.9 Å². The van der Waals surface area contributed by atoms with Crippen LogP contribution in [0.4, 0.5) is 0 Å². The Morgan fingerprint density at radius 2 is 1.73 bits per heavy atom. The molecule has 1 unspecified atom stereocenters. The first kappa shape index (κ1) is 12.3. The minimum atomic E-state index is -0.00470. The van der Waals surface area contributed by atoms with Crippen LogP contribution in [0.25, 0.3) is 0 Å². The highest BCUT2D eigenvalue weighted by atomic mass is 16.3. The third-order valence-corrected chi connectivity index (χ3v) is 3.48. The fourth-order valence-electron chi connectivity index (χ4n) is 1.61. The molecule has 0 saturated heterocycles. The summed E-state index contributed by atoms with van der Waals surface area (Å²) < 4.78 is 0. The number of aliphatic hydroxyl groups is 1. The summed E-state index contributed by atoms with van der Waals surface area (Å²) >= 11 is 0. The van der Waals surface area contributed by atoms with Crippen molar-refractivity contribution in [3.8, 4) is 0 Å². The second-order valence-electron chi connectivity index (χ2n) is 5.13. The van der Waals surface area contributed by atoms with Gasteiger partial charge in [-0.1, -0.05) is 50.6 Å². The molecule has 0 aliphatic carbocycles. The van der Waals surface area contributed by atoms with Crippen molar-refractivity contribution in [1.29, 1.82) is 0 Å². The van der Waals surface area contributed by atoms with Gasteiger partial charge in [0, 0.05) is 6.61 Å². The topological polar surface area (TPSA) is 20.2 Å². The summed E-state index contributed by atoms with van der Waals surface area (Å²) in [5, 5.41) is 9.47. The van der Waals surface area contributed by atoms with Crippen molar-refractivity contribution < 1.29 is 5.11 Å². The molecule has 0 amide bonds. The van der Waals surface area contributed by atoms with Gasteiger partial charge >= 0.3 is 0 Å². The smallest absolute Gasteiger partial charge is 0.0490 e. The second kappa shape index (κ2) is 4.80.